The van der Waals surface area contributed by atoms with Crippen LogP contribution in [0.1, 0.15) is 24.5 Å². The molecule has 1 aliphatic rings. The average Bonchev–Trinajstić information content (AvgIpc) is 2.47. The molecule has 0 saturated carbocycles. The van der Waals surface area contributed by atoms with Crippen molar-refractivity contribution in [3.63, 3.8) is 0 Å². The number of methoxy groups -OCH3 is 1. The molecule has 0 bridgehead atoms. The topological polar surface area (TPSA) is 64.7 Å². The maximum Gasteiger partial charge on any atom is 0.165 e. The predicted molar refractivity (Wildman–Crippen MR) is 69.5 cm³/mol. The van der Waals surface area contributed by atoms with Gasteiger partial charge >= 0.3 is 0 Å². The SMILES string of the molecule is COc1ccc(C(O)C2(CN)CCCOC2)cc1F. The summed E-state index contributed by atoms with van der Waals surface area (Å²) in [6, 6.07) is 4.48. The summed E-state index contributed by atoms with van der Waals surface area (Å²) in [5, 5.41) is 10.5. The Kier molecular flexibility index (Phi) is 4.39. The van der Waals surface area contributed by atoms with Gasteiger partial charge in [0.1, 0.15) is 0 Å². The van der Waals surface area contributed by atoms with Crippen molar-refractivity contribution < 1.29 is 19.0 Å². The first-order chi connectivity index (χ1) is 9.13. The maximum absolute atomic E-state index is 13.7. The number of halogens is 1. The highest BCUT2D eigenvalue weighted by Crippen LogP contribution is 2.40. The van der Waals surface area contributed by atoms with Gasteiger partial charge < -0.3 is 20.3 Å². The van der Waals surface area contributed by atoms with Crippen LogP contribution in [0.4, 0.5) is 4.39 Å². The Balaban J connectivity index is 2.26. The molecule has 2 rings (SSSR count). The molecule has 106 valence electrons. The van der Waals surface area contributed by atoms with Crippen LogP contribution in [0.15, 0.2) is 18.2 Å². The number of ether oxygens (including phenoxy) is 2. The number of benzene rings is 1. The zero-order valence-corrected chi connectivity index (χ0v) is 11.1. The molecular weight excluding hydrogens is 249 g/mol. The monoisotopic (exact) mass is 269 g/mol. The zero-order chi connectivity index (χ0) is 13.9. The molecule has 0 aromatic heterocycles. The minimum atomic E-state index is -0.835. The van der Waals surface area contributed by atoms with Crippen molar-refractivity contribution in [3.05, 3.63) is 29.6 Å². The molecule has 19 heavy (non-hydrogen) atoms. The normalized spacial score (nSPS) is 25.1. The molecule has 0 radical (unpaired) electrons. The molecule has 3 N–H and O–H groups in total. The molecule has 1 saturated heterocycles. The fraction of sp³-hybridized carbons (Fsp3) is 0.571. The van der Waals surface area contributed by atoms with Crippen molar-refractivity contribution >= 4 is 0 Å². The lowest BCUT2D eigenvalue weighted by Gasteiger charge is -2.40. The minimum Gasteiger partial charge on any atom is -0.494 e. The van der Waals surface area contributed by atoms with E-state index in [9.17, 15) is 9.50 Å². The van der Waals surface area contributed by atoms with E-state index >= 15 is 0 Å². The molecule has 0 amide bonds. The smallest absolute Gasteiger partial charge is 0.165 e. The van der Waals surface area contributed by atoms with Crippen LogP contribution < -0.4 is 10.5 Å². The van der Waals surface area contributed by atoms with Gasteiger partial charge in [0, 0.05) is 18.6 Å². The maximum atomic E-state index is 13.7. The Morgan fingerprint density at radius 3 is 2.89 bits per heavy atom. The van der Waals surface area contributed by atoms with Crippen LogP contribution in [0, 0.1) is 11.2 Å². The highest BCUT2D eigenvalue weighted by atomic mass is 19.1. The zero-order valence-electron chi connectivity index (χ0n) is 11.1. The van der Waals surface area contributed by atoms with Crippen LogP contribution in [-0.4, -0.2) is 32.0 Å². The third kappa shape index (κ3) is 2.73. The summed E-state index contributed by atoms with van der Waals surface area (Å²) in [7, 11) is 1.41. The van der Waals surface area contributed by atoms with E-state index in [2.05, 4.69) is 0 Å². The van der Waals surface area contributed by atoms with Crippen molar-refractivity contribution in [2.75, 3.05) is 26.9 Å². The van der Waals surface area contributed by atoms with E-state index in [1.54, 1.807) is 6.07 Å². The van der Waals surface area contributed by atoms with Gasteiger partial charge in [-0.05, 0) is 30.5 Å². The Bertz CT molecular complexity index is 433. The van der Waals surface area contributed by atoms with Gasteiger partial charge in [-0.2, -0.15) is 0 Å². The second kappa shape index (κ2) is 5.86. The lowest BCUT2D eigenvalue weighted by atomic mass is 9.75. The Morgan fingerprint density at radius 2 is 2.37 bits per heavy atom. The number of hydrogen-bond donors (Lipinski definition) is 2. The third-order valence-electron chi connectivity index (χ3n) is 3.83. The van der Waals surface area contributed by atoms with Crippen molar-refractivity contribution in [1.29, 1.82) is 0 Å². The molecule has 2 unspecified atom stereocenters. The molecule has 0 spiro atoms. The number of nitrogens with two attached hydrogens (primary N) is 1. The number of aliphatic hydroxyl groups excluding tert-OH is 1. The first kappa shape index (κ1) is 14.2. The van der Waals surface area contributed by atoms with E-state index in [1.165, 1.54) is 19.2 Å². The lowest BCUT2D eigenvalue weighted by molar-refractivity contribution is -0.0782. The van der Waals surface area contributed by atoms with E-state index in [-0.39, 0.29) is 5.75 Å². The summed E-state index contributed by atoms with van der Waals surface area (Å²) in [4.78, 5) is 0. The minimum absolute atomic E-state index is 0.164. The summed E-state index contributed by atoms with van der Waals surface area (Å²) in [5.74, 6) is -0.319. The molecule has 2 atom stereocenters. The predicted octanol–water partition coefficient (Wildman–Crippen LogP) is 1.62. The van der Waals surface area contributed by atoms with Gasteiger partial charge in [0.15, 0.2) is 11.6 Å². The van der Waals surface area contributed by atoms with Crippen molar-refractivity contribution in [1.82, 2.24) is 0 Å². The number of hydrogen-bond acceptors (Lipinski definition) is 4. The van der Waals surface area contributed by atoms with Gasteiger partial charge in [-0.25, -0.2) is 4.39 Å². The standard InChI is InChI=1S/C14H20FNO3/c1-18-12-4-3-10(7-11(12)15)13(17)14(8-16)5-2-6-19-9-14/h3-4,7,13,17H,2,5-6,8-9,16H2,1H3. The van der Waals surface area contributed by atoms with Gasteiger partial charge in [0.2, 0.25) is 0 Å². The molecule has 4 nitrogen and oxygen atoms in total. The van der Waals surface area contributed by atoms with Crippen LogP contribution >= 0.6 is 0 Å². The molecule has 1 aliphatic heterocycles. The molecule has 1 aromatic carbocycles. The van der Waals surface area contributed by atoms with Crippen LogP contribution in [0.25, 0.3) is 0 Å². The lowest BCUT2D eigenvalue weighted by Crippen LogP contribution is -2.43. The average molecular weight is 269 g/mol. The van der Waals surface area contributed by atoms with Crippen molar-refractivity contribution in [3.8, 4) is 5.75 Å². The van der Waals surface area contributed by atoms with Gasteiger partial charge in [-0.15, -0.1) is 0 Å². The fourth-order valence-electron chi connectivity index (χ4n) is 2.57. The van der Waals surface area contributed by atoms with E-state index < -0.39 is 17.3 Å². The first-order valence-electron chi connectivity index (χ1n) is 6.42. The van der Waals surface area contributed by atoms with E-state index in [4.69, 9.17) is 15.2 Å². The highest BCUT2D eigenvalue weighted by molar-refractivity contribution is 5.31. The molecule has 1 aromatic rings. The summed E-state index contributed by atoms with van der Waals surface area (Å²) >= 11 is 0. The molecule has 0 aliphatic carbocycles. The van der Waals surface area contributed by atoms with E-state index in [1.807, 2.05) is 0 Å². The fourth-order valence-corrected chi connectivity index (χ4v) is 2.57. The second-order valence-corrected chi connectivity index (χ2v) is 5.02. The largest absolute Gasteiger partial charge is 0.494 e. The summed E-state index contributed by atoms with van der Waals surface area (Å²) in [6.07, 6.45) is 0.795. The summed E-state index contributed by atoms with van der Waals surface area (Å²) in [5.41, 5.74) is 5.79. The second-order valence-electron chi connectivity index (χ2n) is 5.02. The molecular formula is C14H20FNO3. The Labute approximate surface area is 112 Å². The highest BCUT2D eigenvalue weighted by Gasteiger charge is 2.39. The van der Waals surface area contributed by atoms with E-state index in [0.717, 1.165) is 12.8 Å². The summed E-state index contributed by atoms with van der Waals surface area (Å²) in [6.45, 7) is 1.39. The van der Waals surface area contributed by atoms with Gasteiger partial charge in [0.05, 0.1) is 19.8 Å². The molecule has 5 heteroatoms. The van der Waals surface area contributed by atoms with Crippen molar-refractivity contribution in [2.45, 2.75) is 18.9 Å². The van der Waals surface area contributed by atoms with E-state index in [0.29, 0.717) is 25.3 Å². The van der Waals surface area contributed by atoms with Crippen LogP contribution in [-0.2, 0) is 4.74 Å². The van der Waals surface area contributed by atoms with Gasteiger partial charge in [0.25, 0.3) is 0 Å². The first-order valence-corrected chi connectivity index (χ1v) is 6.42. The number of rotatable bonds is 4. The molecule has 1 fully saturated rings. The Hall–Kier alpha value is -1.17. The third-order valence-corrected chi connectivity index (χ3v) is 3.83. The number of aliphatic hydroxyl groups is 1. The van der Waals surface area contributed by atoms with Crippen LogP contribution in [0.2, 0.25) is 0 Å². The van der Waals surface area contributed by atoms with Crippen molar-refractivity contribution in [2.24, 2.45) is 11.1 Å². The Morgan fingerprint density at radius 1 is 1.58 bits per heavy atom. The van der Waals surface area contributed by atoms with Gasteiger partial charge in [-0.1, -0.05) is 6.07 Å². The van der Waals surface area contributed by atoms with Gasteiger partial charge in [-0.3, -0.25) is 0 Å². The molecule has 1 heterocycles. The quantitative estimate of drug-likeness (QED) is 0.872. The van der Waals surface area contributed by atoms with Crippen LogP contribution in [0.5, 0.6) is 5.75 Å². The van der Waals surface area contributed by atoms with Crippen LogP contribution in [0.3, 0.4) is 0 Å². The summed E-state index contributed by atoms with van der Waals surface area (Å²) < 4.78 is 24.0.